The average Bonchev–Trinajstić information content (AvgIpc) is 2.46. The number of hydrogen-bond acceptors (Lipinski definition) is 4. The van der Waals surface area contributed by atoms with Crippen LogP contribution in [0, 0.1) is 0 Å². The van der Waals surface area contributed by atoms with Gasteiger partial charge in [0.1, 0.15) is 12.2 Å². The van der Waals surface area contributed by atoms with Crippen LogP contribution in [0.3, 0.4) is 0 Å². The Labute approximate surface area is 90.2 Å². The summed E-state index contributed by atoms with van der Waals surface area (Å²) in [7, 11) is 0. The summed E-state index contributed by atoms with van der Waals surface area (Å²) in [6.45, 7) is 2.15. The fourth-order valence-corrected chi connectivity index (χ4v) is 1.81. The summed E-state index contributed by atoms with van der Waals surface area (Å²) >= 11 is 0. The Morgan fingerprint density at radius 1 is 1.20 bits per heavy atom. The first-order chi connectivity index (χ1) is 7.16. The lowest BCUT2D eigenvalue weighted by molar-refractivity contribution is -0.147. The van der Waals surface area contributed by atoms with Crippen molar-refractivity contribution < 1.29 is 19.7 Å². The maximum Gasteiger partial charge on any atom is 0.338 e. The number of hydrogen-bond donors (Lipinski definition) is 2. The number of unbranched alkanes of at least 4 members (excludes halogenated alkanes) is 4. The standard InChI is InChI=1S/C11H20O4/c1-2-3-4-5-6-7-8-9(12)10(13)11(14)15-8/h8-10,12-13H,2-7H2,1H3/t8-,9-,10-/m1/s1. The van der Waals surface area contributed by atoms with Gasteiger partial charge in [-0.05, 0) is 12.8 Å². The molecule has 0 aliphatic carbocycles. The van der Waals surface area contributed by atoms with Gasteiger partial charge in [0, 0.05) is 0 Å². The van der Waals surface area contributed by atoms with E-state index in [1.807, 2.05) is 0 Å². The molecule has 0 saturated carbocycles. The molecule has 1 saturated heterocycles. The molecule has 4 heteroatoms. The van der Waals surface area contributed by atoms with Crippen LogP contribution in [0.2, 0.25) is 0 Å². The number of aliphatic hydroxyl groups excluding tert-OH is 2. The third kappa shape index (κ3) is 3.47. The zero-order valence-corrected chi connectivity index (χ0v) is 9.19. The van der Waals surface area contributed by atoms with E-state index in [4.69, 9.17) is 9.84 Å². The van der Waals surface area contributed by atoms with E-state index in [2.05, 4.69) is 6.92 Å². The summed E-state index contributed by atoms with van der Waals surface area (Å²) in [6.07, 6.45) is 3.37. The SMILES string of the molecule is CCCCCCC[C@H]1OC(=O)[C@H](O)[C@@H]1O. The van der Waals surface area contributed by atoms with Gasteiger partial charge in [0.15, 0.2) is 6.10 Å². The Balaban J connectivity index is 2.14. The Morgan fingerprint density at radius 3 is 2.40 bits per heavy atom. The Hall–Kier alpha value is -0.610. The van der Waals surface area contributed by atoms with E-state index < -0.39 is 24.3 Å². The summed E-state index contributed by atoms with van der Waals surface area (Å²) in [4.78, 5) is 10.9. The molecule has 1 aliphatic rings. The lowest BCUT2D eigenvalue weighted by atomic mass is 10.0. The van der Waals surface area contributed by atoms with Crippen molar-refractivity contribution in [2.45, 2.75) is 63.8 Å². The quantitative estimate of drug-likeness (QED) is 0.513. The maximum absolute atomic E-state index is 10.9. The number of aliphatic hydroxyl groups is 2. The molecule has 3 atom stereocenters. The number of rotatable bonds is 6. The van der Waals surface area contributed by atoms with E-state index in [1.54, 1.807) is 0 Å². The predicted octanol–water partition coefficient (Wildman–Crippen LogP) is 0.994. The van der Waals surface area contributed by atoms with Crippen LogP contribution < -0.4 is 0 Å². The highest BCUT2D eigenvalue weighted by molar-refractivity contribution is 5.77. The molecule has 0 aromatic rings. The first-order valence-electron chi connectivity index (χ1n) is 5.73. The zero-order chi connectivity index (χ0) is 11.3. The lowest BCUT2D eigenvalue weighted by Crippen LogP contribution is -2.30. The fraction of sp³-hybridized carbons (Fsp3) is 0.909. The van der Waals surface area contributed by atoms with E-state index in [0.29, 0.717) is 6.42 Å². The van der Waals surface area contributed by atoms with Crippen LogP contribution in [0.4, 0.5) is 0 Å². The van der Waals surface area contributed by atoms with Gasteiger partial charge in [-0.2, -0.15) is 0 Å². The smallest absolute Gasteiger partial charge is 0.338 e. The van der Waals surface area contributed by atoms with Gasteiger partial charge in [-0.3, -0.25) is 0 Å². The van der Waals surface area contributed by atoms with Crippen LogP contribution in [-0.4, -0.2) is 34.5 Å². The number of carbonyl (C=O) groups excluding carboxylic acids is 1. The molecule has 1 heterocycles. The molecule has 0 amide bonds. The van der Waals surface area contributed by atoms with Crippen molar-refractivity contribution in [3.63, 3.8) is 0 Å². The van der Waals surface area contributed by atoms with Gasteiger partial charge in [-0.15, -0.1) is 0 Å². The summed E-state index contributed by atoms with van der Waals surface area (Å²) in [5.41, 5.74) is 0. The van der Waals surface area contributed by atoms with Crippen molar-refractivity contribution in [3.8, 4) is 0 Å². The van der Waals surface area contributed by atoms with E-state index in [-0.39, 0.29) is 0 Å². The largest absolute Gasteiger partial charge is 0.457 e. The van der Waals surface area contributed by atoms with Gasteiger partial charge in [-0.25, -0.2) is 4.79 Å². The second-order valence-corrected chi connectivity index (χ2v) is 4.11. The molecule has 0 aromatic carbocycles. The summed E-state index contributed by atoms with van der Waals surface area (Å²) < 4.78 is 4.85. The monoisotopic (exact) mass is 216 g/mol. The second kappa shape index (κ2) is 6.08. The summed E-state index contributed by atoms with van der Waals surface area (Å²) in [5, 5.41) is 18.6. The van der Waals surface area contributed by atoms with Gasteiger partial charge in [0.25, 0.3) is 0 Å². The van der Waals surface area contributed by atoms with Gasteiger partial charge >= 0.3 is 5.97 Å². The molecule has 0 radical (unpaired) electrons. The molecule has 1 aliphatic heterocycles. The first kappa shape index (κ1) is 12.5. The molecule has 2 N–H and O–H groups in total. The molecule has 1 fully saturated rings. The van der Waals surface area contributed by atoms with Crippen molar-refractivity contribution in [2.75, 3.05) is 0 Å². The van der Waals surface area contributed by atoms with Crippen molar-refractivity contribution >= 4 is 5.97 Å². The first-order valence-corrected chi connectivity index (χ1v) is 5.73. The van der Waals surface area contributed by atoms with Crippen LogP contribution in [0.15, 0.2) is 0 Å². The Kier molecular flexibility index (Phi) is 5.05. The number of esters is 1. The van der Waals surface area contributed by atoms with E-state index in [0.717, 1.165) is 12.8 Å². The molecule has 0 spiro atoms. The average molecular weight is 216 g/mol. The minimum atomic E-state index is -1.34. The third-order valence-corrected chi connectivity index (χ3v) is 2.81. The van der Waals surface area contributed by atoms with Gasteiger partial charge in [0.05, 0.1) is 0 Å². The highest BCUT2D eigenvalue weighted by Gasteiger charge is 2.41. The maximum atomic E-state index is 10.9. The topological polar surface area (TPSA) is 66.8 Å². The second-order valence-electron chi connectivity index (χ2n) is 4.11. The van der Waals surface area contributed by atoms with E-state index >= 15 is 0 Å². The highest BCUT2D eigenvalue weighted by Crippen LogP contribution is 2.21. The number of cyclic esters (lactones) is 1. The van der Waals surface area contributed by atoms with Crippen LogP contribution in [0.5, 0.6) is 0 Å². The van der Waals surface area contributed by atoms with Crippen molar-refractivity contribution in [2.24, 2.45) is 0 Å². The number of ether oxygens (including phenoxy) is 1. The van der Waals surface area contributed by atoms with Crippen molar-refractivity contribution in [3.05, 3.63) is 0 Å². The predicted molar refractivity (Wildman–Crippen MR) is 55.3 cm³/mol. The van der Waals surface area contributed by atoms with Crippen LogP contribution >= 0.6 is 0 Å². The third-order valence-electron chi connectivity index (χ3n) is 2.81. The van der Waals surface area contributed by atoms with Gasteiger partial charge < -0.3 is 14.9 Å². The molecular weight excluding hydrogens is 196 g/mol. The fourth-order valence-electron chi connectivity index (χ4n) is 1.81. The van der Waals surface area contributed by atoms with E-state index in [9.17, 15) is 9.90 Å². The van der Waals surface area contributed by atoms with Crippen molar-refractivity contribution in [1.29, 1.82) is 0 Å². The molecule has 1 rings (SSSR count). The molecule has 4 nitrogen and oxygen atoms in total. The normalized spacial score (nSPS) is 30.6. The summed E-state index contributed by atoms with van der Waals surface area (Å²) in [5.74, 6) is -0.693. The lowest BCUT2D eigenvalue weighted by Gasteiger charge is -2.12. The van der Waals surface area contributed by atoms with E-state index in [1.165, 1.54) is 19.3 Å². The minimum Gasteiger partial charge on any atom is -0.457 e. The molecule has 88 valence electrons. The Morgan fingerprint density at radius 2 is 1.87 bits per heavy atom. The zero-order valence-electron chi connectivity index (χ0n) is 9.19. The molecule has 0 unspecified atom stereocenters. The van der Waals surface area contributed by atoms with Crippen LogP contribution in [-0.2, 0) is 9.53 Å². The molecule has 15 heavy (non-hydrogen) atoms. The van der Waals surface area contributed by atoms with Crippen LogP contribution in [0.25, 0.3) is 0 Å². The molecule has 0 bridgehead atoms. The van der Waals surface area contributed by atoms with Crippen LogP contribution in [0.1, 0.15) is 45.4 Å². The summed E-state index contributed by atoms with van der Waals surface area (Å²) in [6, 6.07) is 0. The van der Waals surface area contributed by atoms with Gasteiger partial charge in [-0.1, -0.05) is 32.6 Å². The minimum absolute atomic E-state index is 0.505. The van der Waals surface area contributed by atoms with Crippen molar-refractivity contribution in [1.82, 2.24) is 0 Å². The Bertz CT molecular complexity index is 205. The molecular formula is C11H20O4. The molecule has 0 aromatic heterocycles. The highest BCUT2D eigenvalue weighted by atomic mass is 16.6. The van der Waals surface area contributed by atoms with Gasteiger partial charge in [0.2, 0.25) is 0 Å². The number of carbonyl (C=O) groups is 1.